The minimum atomic E-state index is -2.64. The molecule has 2 rings (SSSR count). The number of carbonyl (C=O) groups is 1. The number of amides is 1. The number of carbonyl (C=O) groups excluding carboxylic acids is 1. The fraction of sp³-hybridized carbons (Fsp3) is 0.250. The average molecular weight is 320 g/mol. The highest BCUT2D eigenvalue weighted by atomic mass is 32.1. The molecule has 0 saturated heterocycles. The lowest BCUT2D eigenvalue weighted by Gasteiger charge is -2.17. The van der Waals surface area contributed by atoms with Gasteiger partial charge >= 0.3 is 0 Å². The summed E-state index contributed by atoms with van der Waals surface area (Å²) in [7, 11) is 0. The summed E-state index contributed by atoms with van der Waals surface area (Å²) in [4.78, 5) is 12.3. The summed E-state index contributed by atoms with van der Waals surface area (Å²) in [5.41, 5.74) is 1.19. The Morgan fingerprint density at radius 3 is 2.64 bits per heavy atom. The van der Waals surface area contributed by atoms with Crippen LogP contribution in [0.5, 0.6) is 0 Å². The van der Waals surface area contributed by atoms with E-state index < -0.39 is 18.4 Å². The quantitative estimate of drug-likeness (QED) is 0.884. The number of hydrogen-bond acceptors (Lipinski definition) is 3. The van der Waals surface area contributed by atoms with Crippen molar-refractivity contribution < 1.29 is 13.6 Å². The van der Waals surface area contributed by atoms with Crippen LogP contribution in [0.4, 0.5) is 8.78 Å². The molecule has 2 aromatic rings. The molecule has 0 spiro atoms. The number of nitrogens with zero attached hydrogens (tertiary/aromatic N) is 1. The fourth-order valence-electron chi connectivity index (χ4n) is 1.99. The summed E-state index contributed by atoms with van der Waals surface area (Å²) in [6.45, 7) is 0. The third-order valence-electron chi connectivity index (χ3n) is 3.18. The molecule has 1 aromatic carbocycles. The fourth-order valence-corrected chi connectivity index (χ4v) is 2.67. The number of thiophene rings is 1. The van der Waals surface area contributed by atoms with E-state index in [2.05, 4.69) is 5.32 Å². The first kappa shape index (κ1) is 16.1. The molecule has 1 heterocycles. The Labute approximate surface area is 131 Å². The number of hydrogen-bond donors (Lipinski definition) is 1. The lowest BCUT2D eigenvalue weighted by Crippen LogP contribution is -2.40. The molecule has 0 bridgehead atoms. The number of nitrogens with one attached hydrogen (secondary N) is 1. The predicted molar refractivity (Wildman–Crippen MR) is 81.1 cm³/mol. The van der Waals surface area contributed by atoms with Gasteiger partial charge in [-0.05, 0) is 24.5 Å². The molecule has 1 atom stereocenters. The first-order valence-corrected chi connectivity index (χ1v) is 7.59. The van der Waals surface area contributed by atoms with Crippen LogP contribution in [0.15, 0.2) is 41.8 Å². The minimum absolute atomic E-state index is 0.155. The van der Waals surface area contributed by atoms with Gasteiger partial charge in [-0.3, -0.25) is 4.79 Å². The summed E-state index contributed by atoms with van der Waals surface area (Å²) in [6, 6.07) is 11.4. The van der Waals surface area contributed by atoms with E-state index in [0.29, 0.717) is 11.3 Å². The van der Waals surface area contributed by atoms with Gasteiger partial charge < -0.3 is 5.32 Å². The second-order valence-corrected chi connectivity index (χ2v) is 5.66. The van der Waals surface area contributed by atoms with Crippen LogP contribution in [-0.4, -0.2) is 18.4 Å². The van der Waals surface area contributed by atoms with Crippen molar-refractivity contribution in [2.45, 2.75) is 25.3 Å². The van der Waals surface area contributed by atoms with Crippen molar-refractivity contribution in [2.24, 2.45) is 0 Å². The molecule has 114 valence electrons. The molecule has 1 amide bonds. The van der Waals surface area contributed by atoms with Gasteiger partial charge in [-0.25, -0.2) is 8.78 Å². The first-order chi connectivity index (χ1) is 10.6. The largest absolute Gasteiger partial charge is 0.344 e. The molecule has 1 aromatic heterocycles. The van der Waals surface area contributed by atoms with Crippen LogP contribution in [0.2, 0.25) is 0 Å². The van der Waals surface area contributed by atoms with Crippen LogP contribution >= 0.6 is 11.3 Å². The SMILES string of the molecule is N#Cc1cc(C(=O)NC(CCc2ccccc2)C(F)F)cs1. The normalized spacial score (nSPS) is 11.9. The van der Waals surface area contributed by atoms with Crippen molar-refractivity contribution in [1.82, 2.24) is 5.32 Å². The molecule has 0 saturated carbocycles. The molecular formula is C16H14F2N2OS. The van der Waals surface area contributed by atoms with E-state index in [-0.39, 0.29) is 12.0 Å². The summed E-state index contributed by atoms with van der Waals surface area (Å²) in [5.74, 6) is -0.573. The van der Waals surface area contributed by atoms with Crippen molar-refractivity contribution in [2.75, 3.05) is 0 Å². The number of rotatable bonds is 6. The maximum atomic E-state index is 13.1. The van der Waals surface area contributed by atoms with Crippen LogP contribution in [0.3, 0.4) is 0 Å². The molecular weight excluding hydrogens is 306 g/mol. The first-order valence-electron chi connectivity index (χ1n) is 6.71. The Hall–Kier alpha value is -2.26. The van der Waals surface area contributed by atoms with E-state index in [1.54, 1.807) is 0 Å². The van der Waals surface area contributed by atoms with E-state index in [0.717, 1.165) is 16.9 Å². The minimum Gasteiger partial charge on any atom is -0.344 e. The Bertz CT molecular complexity index is 664. The van der Waals surface area contributed by atoms with Gasteiger partial charge in [0, 0.05) is 5.38 Å². The molecule has 22 heavy (non-hydrogen) atoms. The van der Waals surface area contributed by atoms with Gasteiger partial charge in [0.1, 0.15) is 10.9 Å². The van der Waals surface area contributed by atoms with Crippen LogP contribution in [-0.2, 0) is 6.42 Å². The van der Waals surface area contributed by atoms with Crippen LogP contribution in [0.25, 0.3) is 0 Å². The van der Waals surface area contributed by atoms with Crippen molar-refractivity contribution in [3.63, 3.8) is 0 Å². The summed E-state index contributed by atoms with van der Waals surface area (Å²) in [5, 5.41) is 12.6. The highest BCUT2D eigenvalue weighted by Crippen LogP contribution is 2.15. The molecule has 0 aliphatic carbocycles. The third-order valence-corrected chi connectivity index (χ3v) is 4.01. The Kier molecular flexibility index (Phi) is 5.61. The second kappa shape index (κ2) is 7.66. The molecule has 0 aliphatic heterocycles. The summed E-state index contributed by atoms with van der Waals surface area (Å²) >= 11 is 1.11. The zero-order valence-electron chi connectivity index (χ0n) is 11.6. The van der Waals surface area contributed by atoms with Crippen LogP contribution in [0, 0.1) is 11.3 Å². The van der Waals surface area contributed by atoms with Crippen molar-refractivity contribution >= 4 is 17.2 Å². The van der Waals surface area contributed by atoms with Gasteiger partial charge in [0.05, 0.1) is 11.6 Å². The highest BCUT2D eigenvalue weighted by Gasteiger charge is 2.23. The lowest BCUT2D eigenvalue weighted by atomic mass is 10.1. The predicted octanol–water partition coefficient (Wildman–Crippen LogP) is 3.62. The Morgan fingerprint density at radius 1 is 1.32 bits per heavy atom. The molecule has 0 fully saturated rings. The average Bonchev–Trinajstić information content (AvgIpc) is 3.01. The Morgan fingerprint density at radius 2 is 2.05 bits per heavy atom. The molecule has 1 N–H and O–H groups in total. The van der Waals surface area contributed by atoms with Crippen LogP contribution < -0.4 is 5.32 Å². The van der Waals surface area contributed by atoms with E-state index in [9.17, 15) is 13.6 Å². The molecule has 3 nitrogen and oxygen atoms in total. The zero-order chi connectivity index (χ0) is 15.9. The van der Waals surface area contributed by atoms with E-state index >= 15 is 0 Å². The van der Waals surface area contributed by atoms with Crippen molar-refractivity contribution in [3.05, 3.63) is 57.8 Å². The van der Waals surface area contributed by atoms with Gasteiger partial charge in [-0.2, -0.15) is 5.26 Å². The monoisotopic (exact) mass is 320 g/mol. The Balaban J connectivity index is 1.96. The van der Waals surface area contributed by atoms with Gasteiger partial charge in [0.15, 0.2) is 0 Å². The van der Waals surface area contributed by atoms with Gasteiger partial charge in [-0.1, -0.05) is 30.3 Å². The summed E-state index contributed by atoms with van der Waals surface area (Å²) in [6.07, 6.45) is -2.02. The van der Waals surface area contributed by atoms with Crippen LogP contribution in [0.1, 0.15) is 27.2 Å². The maximum absolute atomic E-state index is 13.1. The summed E-state index contributed by atoms with van der Waals surface area (Å²) < 4.78 is 26.2. The number of benzene rings is 1. The number of aryl methyl sites for hydroxylation is 1. The zero-order valence-corrected chi connectivity index (χ0v) is 12.4. The van der Waals surface area contributed by atoms with Gasteiger partial charge in [0.25, 0.3) is 12.3 Å². The number of nitriles is 1. The second-order valence-electron chi connectivity index (χ2n) is 4.75. The van der Waals surface area contributed by atoms with Crippen molar-refractivity contribution in [3.8, 4) is 6.07 Å². The number of halogens is 2. The van der Waals surface area contributed by atoms with Gasteiger partial charge in [0.2, 0.25) is 0 Å². The molecule has 6 heteroatoms. The topological polar surface area (TPSA) is 52.9 Å². The van der Waals surface area contributed by atoms with Gasteiger partial charge in [-0.15, -0.1) is 11.3 Å². The third kappa shape index (κ3) is 4.37. The highest BCUT2D eigenvalue weighted by molar-refractivity contribution is 7.10. The van der Waals surface area contributed by atoms with E-state index in [1.807, 2.05) is 36.4 Å². The van der Waals surface area contributed by atoms with E-state index in [4.69, 9.17) is 5.26 Å². The molecule has 0 radical (unpaired) electrons. The molecule has 0 aliphatic rings. The van der Waals surface area contributed by atoms with Crippen molar-refractivity contribution in [1.29, 1.82) is 5.26 Å². The lowest BCUT2D eigenvalue weighted by molar-refractivity contribution is 0.0727. The maximum Gasteiger partial charge on any atom is 0.258 e. The van der Waals surface area contributed by atoms with E-state index in [1.165, 1.54) is 11.4 Å². The molecule has 1 unspecified atom stereocenters. The number of alkyl halides is 2. The standard InChI is InChI=1S/C16H14F2N2OS/c17-15(18)14(7-6-11-4-2-1-3-5-11)20-16(21)12-8-13(9-19)22-10-12/h1-5,8,10,14-15H,6-7H2,(H,20,21). The smallest absolute Gasteiger partial charge is 0.258 e.